The second-order valence-corrected chi connectivity index (χ2v) is 10.4. The van der Waals surface area contributed by atoms with Gasteiger partial charge in [-0.15, -0.1) is 0 Å². The van der Waals surface area contributed by atoms with Gasteiger partial charge in [0.15, 0.2) is 0 Å². The predicted molar refractivity (Wildman–Crippen MR) is 82.8 cm³/mol. The van der Waals surface area contributed by atoms with Crippen LogP contribution in [0.3, 0.4) is 0 Å². The molecule has 0 bridgehead atoms. The Labute approximate surface area is 128 Å². The number of alkyl halides is 2. The first-order chi connectivity index (χ1) is 10.2. The van der Waals surface area contributed by atoms with Crippen molar-refractivity contribution in [3.63, 3.8) is 0 Å². The molecule has 0 saturated carbocycles. The summed E-state index contributed by atoms with van der Waals surface area (Å²) in [5.41, 5.74) is 6.71. The Kier molecular flexibility index (Phi) is 6.29. The van der Waals surface area contributed by atoms with Crippen LogP contribution in [-0.4, -0.2) is 34.6 Å². The maximum Gasteiger partial charge on any atom is 0.388 e. The summed E-state index contributed by atoms with van der Waals surface area (Å²) >= 11 is 0. The second-order valence-electron chi connectivity index (χ2n) is 5.41. The van der Waals surface area contributed by atoms with E-state index >= 15 is 0 Å². The van der Waals surface area contributed by atoms with Gasteiger partial charge in [0.05, 0.1) is 0 Å². The molecule has 2 N–H and O–H groups in total. The van der Waals surface area contributed by atoms with E-state index in [1.54, 1.807) is 19.3 Å². The molecular weight excluding hydrogens is 308 g/mol. The third kappa shape index (κ3) is 6.53. The van der Waals surface area contributed by atoms with Crippen molar-refractivity contribution in [2.75, 3.05) is 5.73 Å². The lowest BCUT2D eigenvalue weighted by molar-refractivity contribution is -0.0528. The molecule has 0 aliphatic rings. The molecule has 0 aliphatic heterocycles. The van der Waals surface area contributed by atoms with Gasteiger partial charge in [0, 0.05) is 24.2 Å². The van der Waals surface area contributed by atoms with Crippen LogP contribution in [0.25, 0.3) is 0 Å². The molecule has 6 nitrogen and oxygen atoms in total. The number of aryl methyl sites for hydroxylation is 1. The van der Waals surface area contributed by atoms with Gasteiger partial charge in [-0.3, -0.25) is 0 Å². The summed E-state index contributed by atoms with van der Waals surface area (Å²) in [5.74, 6) is -0.291. The van der Waals surface area contributed by atoms with Gasteiger partial charge in [-0.25, -0.2) is 15.0 Å². The minimum absolute atomic E-state index is 0.0781. The Balaban J connectivity index is 0.000000224. The second kappa shape index (κ2) is 7.73. The van der Waals surface area contributed by atoms with Gasteiger partial charge in [-0.2, -0.15) is 13.8 Å². The van der Waals surface area contributed by atoms with Gasteiger partial charge in [0.2, 0.25) is 11.8 Å². The Morgan fingerprint density at radius 2 is 1.73 bits per heavy atom. The van der Waals surface area contributed by atoms with Crippen LogP contribution in [0.4, 0.5) is 14.7 Å². The standard InChI is InChI=1S/C7H12N2Si.C6H7F2N3O/c1-10(2,3)7-8-5-4-6-9-7;1-3-2-4(12-5(7)8)11-6(9)10-3/h4-6H,1-3H3;2,5H,1H3,(H2,9,10,11). The summed E-state index contributed by atoms with van der Waals surface area (Å²) in [4.78, 5) is 15.5. The van der Waals surface area contributed by atoms with E-state index in [0.717, 1.165) is 5.45 Å². The summed E-state index contributed by atoms with van der Waals surface area (Å²) in [6.07, 6.45) is 3.61. The van der Waals surface area contributed by atoms with Crippen LogP contribution < -0.4 is 15.9 Å². The molecular formula is C13H19F2N5OSi. The summed E-state index contributed by atoms with van der Waals surface area (Å²) in [7, 11) is -1.26. The average Bonchev–Trinajstić information content (AvgIpc) is 2.37. The first-order valence-corrected chi connectivity index (χ1v) is 10.0. The molecule has 9 heteroatoms. The number of nitrogen functional groups attached to an aromatic ring is 1. The van der Waals surface area contributed by atoms with Crippen molar-refractivity contribution >= 4 is 19.5 Å². The van der Waals surface area contributed by atoms with E-state index in [-0.39, 0.29) is 11.8 Å². The van der Waals surface area contributed by atoms with Crippen molar-refractivity contribution < 1.29 is 13.5 Å². The lowest BCUT2D eigenvalue weighted by atomic mass is 10.4. The first-order valence-electron chi connectivity index (χ1n) is 6.52. The van der Waals surface area contributed by atoms with Crippen LogP contribution in [-0.2, 0) is 0 Å². The average molecular weight is 327 g/mol. The van der Waals surface area contributed by atoms with Crippen molar-refractivity contribution in [3.05, 3.63) is 30.2 Å². The molecule has 0 spiro atoms. The number of nitrogens with zero attached hydrogens (tertiary/aromatic N) is 4. The van der Waals surface area contributed by atoms with E-state index in [9.17, 15) is 8.78 Å². The number of hydrogen-bond donors (Lipinski definition) is 1. The maximum absolute atomic E-state index is 11.7. The number of aromatic nitrogens is 4. The zero-order valence-corrected chi connectivity index (χ0v) is 13.9. The van der Waals surface area contributed by atoms with E-state index in [0.29, 0.717) is 5.69 Å². The molecule has 0 saturated heterocycles. The van der Waals surface area contributed by atoms with Crippen molar-refractivity contribution in [1.29, 1.82) is 0 Å². The molecule has 0 atom stereocenters. The van der Waals surface area contributed by atoms with Crippen LogP contribution in [0.15, 0.2) is 24.5 Å². The highest BCUT2D eigenvalue weighted by Crippen LogP contribution is 2.12. The summed E-state index contributed by atoms with van der Waals surface area (Å²) in [6.45, 7) is 5.43. The molecule has 0 radical (unpaired) electrons. The third-order valence-corrected chi connectivity index (χ3v) is 3.89. The highest BCUT2D eigenvalue weighted by molar-refractivity contribution is 6.87. The van der Waals surface area contributed by atoms with Crippen LogP contribution in [0, 0.1) is 6.92 Å². The fourth-order valence-electron chi connectivity index (χ4n) is 1.40. The Bertz CT molecular complexity index is 572. The van der Waals surface area contributed by atoms with E-state index in [4.69, 9.17) is 5.73 Å². The molecule has 0 fully saturated rings. The quantitative estimate of drug-likeness (QED) is 0.868. The molecule has 2 aromatic rings. The van der Waals surface area contributed by atoms with Crippen LogP contribution in [0.5, 0.6) is 5.88 Å². The first kappa shape index (κ1) is 17.9. The minimum atomic E-state index is -2.89. The van der Waals surface area contributed by atoms with E-state index in [1.807, 2.05) is 6.07 Å². The highest BCUT2D eigenvalue weighted by Gasteiger charge is 2.18. The molecule has 2 heterocycles. The maximum atomic E-state index is 11.7. The van der Waals surface area contributed by atoms with Gasteiger partial charge >= 0.3 is 6.61 Å². The molecule has 0 aromatic carbocycles. The number of ether oxygens (including phenoxy) is 1. The number of anilines is 1. The number of hydrogen-bond acceptors (Lipinski definition) is 6. The predicted octanol–water partition coefficient (Wildman–Crippen LogP) is 1.99. The Morgan fingerprint density at radius 1 is 1.14 bits per heavy atom. The lowest BCUT2D eigenvalue weighted by Crippen LogP contribution is -2.41. The zero-order valence-electron chi connectivity index (χ0n) is 12.9. The van der Waals surface area contributed by atoms with Crippen molar-refractivity contribution in [2.24, 2.45) is 0 Å². The molecule has 0 unspecified atom stereocenters. The third-order valence-electron chi connectivity index (χ3n) is 2.29. The summed E-state index contributed by atoms with van der Waals surface area (Å²) in [6, 6.07) is 3.13. The fraction of sp³-hybridized carbons (Fsp3) is 0.385. The van der Waals surface area contributed by atoms with Gasteiger partial charge < -0.3 is 10.5 Å². The van der Waals surface area contributed by atoms with E-state index < -0.39 is 14.7 Å². The highest BCUT2D eigenvalue weighted by atomic mass is 28.3. The smallest absolute Gasteiger partial charge is 0.388 e. The Hall–Kier alpha value is -2.16. The van der Waals surface area contributed by atoms with E-state index in [1.165, 1.54) is 6.07 Å². The number of rotatable bonds is 3. The van der Waals surface area contributed by atoms with Gasteiger partial charge in [0.25, 0.3) is 0 Å². The van der Waals surface area contributed by atoms with Crippen LogP contribution in [0.1, 0.15) is 5.69 Å². The van der Waals surface area contributed by atoms with Gasteiger partial charge in [0.1, 0.15) is 13.5 Å². The summed E-state index contributed by atoms with van der Waals surface area (Å²) < 4.78 is 27.3. The zero-order chi connectivity index (χ0) is 16.8. The number of nitrogens with two attached hydrogens (primary N) is 1. The topological polar surface area (TPSA) is 86.8 Å². The van der Waals surface area contributed by atoms with Gasteiger partial charge in [-0.1, -0.05) is 19.6 Å². The minimum Gasteiger partial charge on any atom is -0.417 e. The lowest BCUT2D eigenvalue weighted by Gasteiger charge is -2.11. The molecule has 0 aliphatic carbocycles. The molecule has 22 heavy (non-hydrogen) atoms. The molecule has 2 rings (SSSR count). The van der Waals surface area contributed by atoms with Crippen LogP contribution in [0.2, 0.25) is 19.6 Å². The van der Waals surface area contributed by atoms with Crippen LogP contribution >= 0.6 is 0 Å². The summed E-state index contributed by atoms with van der Waals surface area (Å²) in [5, 5.41) is 0. The molecule has 120 valence electrons. The molecule has 2 aromatic heterocycles. The number of halogens is 2. The van der Waals surface area contributed by atoms with Gasteiger partial charge in [-0.05, 0) is 13.0 Å². The largest absolute Gasteiger partial charge is 0.417 e. The van der Waals surface area contributed by atoms with Crippen molar-refractivity contribution in [2.45, 2.75) is 33.2 Å². The molecule has 0 amide bonds. The van der Waals surface area contributed by atoms with E-state index in [2.05, 4.69) is 44.3 Å². The Morgan fingerprint density at radius 3 is 2.14 bits per heavy atom. The normalized spacial score (nSPS) is 10.9. The monoisotopic (exact) mass is 327 g/mol. The van der Waals surface area contributed by atoms with Crippen molar-refractivity contribution in [1.82, 2.24) is 19.9 Å². The fourth-order valence-corrected chi connectivity index (χ4v) is 2.32. The van der Waals surface area contributed by atoms with Crippen molar-refractivity contribution in [3.8, 4) is 5.88 Å². The SMILES string of the molecule is C[Si](C)(C)c1ncccn1.Cc1cc(OC(F)F)nc(N)n1.